The van der Waals surface area contributed by atoms with Gasteiger partial charge in [-0.3, -0.25) is 9.78 Å². The Morgan fingerprint density at radius 3 is 2.49 bits per heavy atom. The molecule has 1 aliphatic heterocycles. The number of hydrogen-bond acceptors (Lipinski definition) is 11. The van der Waals surface area contributed by atoms with Crippen molar-refractivity contribution >= 4 is 23.4 Å². The van der Waals surface area contributed by atoms with Crippen molar-refractivity contribution in [2.75, 3.05) is 10.6 Å². The Morgan fingerprint density at radius 1 is 1.05 bits per heavy atom. The summed E-state index contributed by atoms with van der Waals surface area (Å²) in [7, 11) is 0. The Labute approximate surface area is 246 Å². The zero-order valence-corrected chi connectivity index (χ0v) is 22.9. The second-order valence-corrected chi connectivity index (χ2v) is 10.6. The minimum Gasteiger partial charge on any atom is -0.479 e. The van der Waals surface area contributed by atoms with Crippen LogP contribution in [0.25, 0.3) is 0 Å². The van der Waals surface area contributed by atoms with E-state index in [4.69, 9.17) is 9.47 Å². The van der Waals surface area contributed by atoms with Crippen LogP contribution >= 0.6 is 0 Å². The van der Waals surface area contributed by atoms with Gasteiger partial charge in [0.2, 0.25) is 0 Å². The number of aromatic nitrogens is 2. The van der Waals surface area contributed by atoms with E-state index < -0.39 is 48.2 Å². The number of carbonyl (C=O) groups excluding carboxylic acids is 1. The Morgan fingerprint density at radius 2 is 1.79 bits per heavy atom. The first kappa shape index (κ1) is 30.0. The van der Waals surface area contributed by atoms with Crippen molar-refractivity contribution in [3.05, 3.63) is 83.8 Å². The highest BCUT2D eigenvalue weighted by atomic mass is 16.7. The van der Waals surface area contributed by atoms with Gasteiger partial charge in [0, 0.05) is 30.8 Å². The zero-order chi connectivity index (χ0) is 30.6. The van der Waals surface area contributed by atoms with E-state index in [2.05, 4.69) is 26.7 Å². The van der Waals surface area contributed by atoms with E-state index in [1.54, 1.807) is 55.0 Å². The molecule has 3 aromatic rings. The number of aliphatic hydroxyl groups is 3. The van der Waals surface area contributed by atoms with Crippen molar-refractivity contribution < 1.29 is 39.5 Å². The first-order valence-electron chi connectivity index (χ1n) is 13.7. The third-order valence-corrected chi connectivity index (χ3v) is 7.78. The fourth-order valence-corrected chi connectivity index (χ4v) is 5.39. The van der Waals surface area contributed by atoms with Gasteiger partial charge in [-0.05, 0) is 66.8 Å². The van der Waals surface area contributed by atoms with Crippen molar-refractivity contribution in [2.45, 2.75) is 68.0 Å². The molecule has 1 saturated heterocycles. The predicted molar refractivity (Wildman–Crippen MR) is 151 cm³/mol. The van der Waals surface area contributed by atoms with Crippen LogP contribution in [-0.4, -0.2) is 79.1 Å². The SMILES string of the molecule is N#C[C@@]1(c2ccc(NC(=O)c3cccnc3NCc3ccncc3)cc2)CC[C@@H](O[C@@H]2O[C@H](C(=O)O)[C@@H](O)[C@H](O)[C@H]2O)C1. The first-order valence-corrected chi connectivity index (χ1v) is 13.7. The Bertz CT molecular complexity index is 1480. The number of pyridine rings is 2. The number of nitrogens with zero attached hydrogens (tertiary/aromatic N) is 3. The van der Waals surface area contributed by atoms with E-state index in [0.29, 0.717) is 42.0 Å². The molecule has 0 unspecified atom stereocenters. The Kier molecular flexibility index (Phi) is 8.95. The van der Waals surface area contributed by atoms with Crippen LogP contribution in [0.4, 0.5) is 11.5 Å². The van der Waals surface area contributed by atoms with Crippen molar-refractivity contribution in [2.24, 2.45) is 0 Å². The summed E-state index contributed by atoms with van der Waals surface area (Å²) < 4.78 is 11.0. The summed E-state index contributed by atoms with van der Waals surface area (Å²) in [6, 6.07) is 16.3. The molecule has 1 aromatic carbocycles. The largest absolute Gasteiger partial charge is 0.479 e. The van der Waals surface area contributed by atoms with Gasteiger partial charge in [-0.1, -0.05) is 12.1 Å². The standard InChI is InChI=1S/C30H31N5O8/c31-16-30(10-7-20(14-30)42-29-24(38)22(36)23(37)25(43-29)28(40)41)18-3-5-19(6-4-18)35-27(39)21-2-1-11-33-26(21)34-15-17-8-12-32-13-9-17/h1-6,8-9,11-13,20,22-25,29,36-38H,7,10,14-15H2,(H,33,34)(H,35,39)(H,40,41)/t20-,22+,23+,24-,25+,29-,30-/m1/s1. The van der Waals surface area contributed by atoms with Crippen LogP contribution in [0.2, 0.25) is 0 Å². The fraction of sp³-hybridized carbons (Fsp3) is 0.367. The summed E-state index contributed by atoms with van der Waals surface area (Å²) in [5.41, 5.74) is 1.62. The number of amides is 1. The molecule has 0 spiro atoms. The summed E-state index contributed by atoms with van der Waals surface area (Å²) in [6.45, 7) is 0.462. The van der Waals surface area contributed by atoms with Crippen LogP contribution in [0.15, 0.2) is 67.1 Å². The number of anilines is 2. The number of carboxylic acid groups (broad SMARTS) is 1. The smallest absolute Gasteiger partial charge is 0.335 e. The van der Waals surface area contributed by atoms with Gasteiger partial charge in [-0.25, -0.2) is 9.78 Å². The summed E-state index contributed by atoms with van der Waals surface area (Å²) >= 11 is 0. The number of nitriles is 1. The molecule has 43 heavy (non-hydrogen) atoms. The zero-order valence-electron chi connectivity index (χ0n) is 22.9. The summed E-state index contributed by atoms with van der Waals surface area (Å²) in [6.07, 6.45) is -3.10. The van der Waals surface area contributed by atoms with Crippen molar-refractivity contribution in [3.63, 3.8) is 0 Å². The summed E-state index contributed by atoms with van der Waals surface area (Å²) in [5.74, 6) is -1.43. The van der Waals surface area contributed by atoms with Crippen LogP contribution in [0.5, 0.6) is 0 Å². The number of benzene rings is 1. The molecule has 0 bridgehead atoms. The van der Waals surface area contributed by atoms with E-state index >= 15 is 0 Å². The van der Waals surface area contributed by atoms with Crippen LogP contribution in [-0.2, 0) is 26.2 Å². The number of carbonyl (C=O) groups is 2. The second kappa shape index (κ2) is 12.8. The quantitative estimate of drug-likeness (QED) is 0.210. The molecule has 13 nitrogen and oxygen atoms in total. The average molecular weight is 590 g/mol. The molecular formula is C30H31N5O8. The first-order chi connectivity index (χ1) is 20.7. The van der Waals surface area contributed by atoms with Crippen LogP contribution in [0.3, 0.4) is 0 Å². The number of aliphatic hydroxyl groups excluding tert-OH is 3. The van der Waals surface area contributed by atoms with Gasteiger partial charge in [-0.15, -0.1) is 0 Å². The molecule has 0 radical (unpaired) electrons. The number of aliphatic carboxylic acids is 1. The lowest BCUT2D eigenvalue weighted by Gasteiger charge is -2.39. The third kappa shape index (κ3) is 6.48. The predicted octanol–water partition coefficient (Wildman–Crippen LogP) is 1.56. The van der Waals surface area contributed by atoms with Gasteiger partial charge in [0.25, 0.3) is 5.91 Å². The Hall–Kier alpha value is -4.45. The minimum atomic E-state index is -1.82. The number of hydrogen-bond donors (Lipinski definition) is 6. The van der Waals surface area contributed by atoms with E-state index in [0.717, 1.165) is 5.56 Å². The highest BCUT2D eigenvalue weighted by Gasteiger charge is 2.50. The van der Waals surface area contributed by atoms with E-state index in [-0.39, 0.29) is 12.3 Å². The van der Waals surface area contributed by atoms with Gasteiger partial charge >= 0.3 is 5.97 Å². The van der Waals surface area contributed by atoms with Gasteiger partial charge in [0.15, 0.2) is 12.4 Å². The van der Waals surface area contributed by atoms with Gasteiger partial charge in [-0.2, -0.15) is 5.26 Å². The van der Waals surface area contributed by atoms with Gasteiger partial charge in [0.05, 0.1) is 23.2 Å². The summed E-state index contributed by atoms with van der Waals surface area (Å²) in [5, 5.41) is 55.7. The van der Waals surface area contributed by atoms with E-state index in [9.17, 15) is 35.3 Å². The normalized spacial score (nSPS) is 28.5. The van der Waals surface area contributed by atoms with Crippen LogP contribution < -0.4 is 10.6 Å². The molecule has 5 rings (SSSR count). The molecule has 1 aliphatic carbocycles. The molecule has 2 fully saturated rings. The number of carboxylic acids is 1. The second-order valence-electron chi connectivity index (χ2n) is 10.6. The lowest BCUT2D eigenvalue weighted by molar-refractivity contribution is -0.303. The number of rotatable bonds is 9. The molecule has 2 aromatic heterocycles. The molecule has 1 amide bonds. The molecule has 3 heterocycles. The van der Waals surface area contributed by atoms with Crippen LogP contribution in [0, 0.1) is 11.3 Å². The van der Waals surface area contributed by atoms with E-state index in [1.807, 2.05) is 12.1 Å². The monoisotopic (exact) mass is 589 g/mol. The van der Waals surface area contributed by atoms with Crippen molar-refractivity contribution in [1.29, 1.82) is 5.26 Å². The lowest BCUT2D eigenvalue weighted by atomic mass is 9.80. The molecule has 224 valence electrons. The van der Waals surface area contributed by atoms with Crippen LogP contribution in [0.1, 0.15) is 40.7 Å². The molecule has 7 atom stereocenters. The fourth-order valence-electron chi connectivity index (χ4n) is 5.39. The average Bonchev–Trinajstić information content (AvgIpc) is 3.45. The van der Waals surface area contributed by atoms with Gasteiger partial charge in [0.1, 0.15) is 24.1 Å². The third-order valence-electron chi connectivity index (χ3n) is 7.78. The highest BCUT2D eigenvalue weighted by Crippen LogP contribution is 2.43. The molecule has 6 N–H and O–H groups in total. The molecule has 2 aliphatic rings. The maximum Gasteiger partial charge on any atom is 0.335 e. The molecule has 1 saturated carbocycles. The number of nitrogens with one attached hydrogen (secondary N) is 2. The maximum absolute atomic E-state index is 13.1. The van der Waals surface area contributed by atoms with Crippen molar-refractivity contribution in [1.82, 2.24) is 9.97 Å². The topological polar surface area (TPSA) is 207 Å². The Balaban J connectivity index is 1.22. The summed E-state index contributed by atoms with van der Waals surface area (Å²) in [4.78, 5) is 32.8. The van der Waals surface area contributed by atoms with Crippen molar-refractivity contribution in [3.8, 4) is 6.07 Å². The maximum atomic E-state index is 13.1. The lowest BCUT2D eigenvalue weighted by Crippen LogP contribution is -2.60. The van der Waals surface area contributed by atoms with E-state index in [1.165, 1.54) is 0 Å². The molecular weight excluding hydrogens is 558 g/mol. The highest BCUT2D eigenvalue weighted by molar-refractivity contribution is 6.07. The van der Waals surface area contributed by atoms with Gasteiger partial charge < -0.3 is 40.5 Å². The number of ether oxygens (including phenoxy) is 2. The minimum absolute atomic E-state index is 0.223. The molecule has 13 heteroatoms.